The van der Waals surface area contributed by atoms with Crippen LogP contribution in [0.25, 0.3) is 6.08 Å². The predicted molar refractivity (Wildman–Crippen MR) is 132 cm³/mol. The number of methoxy groups -OCH3 is 4. The Bertz CT molecular complexity index is 1110. The highest BCUT2D eigenvalue weighted by Gasteiger charge is 2.20. The van der Waals surface area contributed by atoms with Crippen LogP contribution in [0, 0.1) is 0 Å². The molecule has 0 aliphatic carbocycles. The van der Waals surface area contributed by atoms with Crippen LogP contribution in [0.1, 0.15) is 22.3 Å². The average molecular weight is 465 g/mol. The molecule has 0 saturated carbocycles. The van der Waals surface area contributed by atoms with Gasteiger partial charge in [-0.25, -0.2) is 0 Å². The van der Waals surface area contributed by atoms with Crippen LogP contribution in [0.15, 0.2) is 42.6 Å². The number of carbonyl (C=O) groups excluding carboxylic acids is 1. The standard InChI is InChI=1S/C27H32N2O5/c1-31-23-13-19-8-12-29(27(30)17-21(19)15-25(23)33-3)10-6-5-9-28-11-7-20-14-24(32-2)26(34-4)16-22(20)18-28/h5-6,8,12-16H,7,9-11,17-18H2,1-4H3. The molecule has 0 aromatic heterocycles. The van der Waals surface area contributed by atoms with Gasteiger partial charge in [-0.15, -0.1) is 0 Å². The summed E-state index contributed by atoms with van der Waals surface area (Å²) in [6.07, 6.45) is 9.30. The van der Waals surface area contributed by atoms with Crippen LogP contribution in [0.5, 0.6) is 23.0 Å². The minimum atomic E-state index is 0.0554. The third-order valence-corrected chi connectivity index (χ3v) is 6.37. The first-order valence-electron chi connectivity index (χ1n) is 11.4. The van der Waals surface area contributed by atoms with Crippen LogP contribution in [-0.4, -0.2) is 63.8 Å². The molecule has 2 aromatic carbocycles. The molecule has 0 atom stereocenters. The maximum Gasteiger partial charge on any atom is 0.231 e. The Labute approximate surface area is 201 Å². The summed E-state index contributed by atoms with van der Waals surface area (Å²) in [5.41, 5.74) is 4.48. The zero-order chi connectivity index (χ0) is 24.1. The van der Waals surface area contributed by atoms with E-state index in [0.29, 0.717) is 24.5 Å². The van der Waals surface area contributed by atoms with E-state index in [1.165, 1.54) is 11.1 Å². The lowest BCUT2D eigenvalue weighted by Crippen LogP contribution is -2.31. The van der Waals surface area contributed by atoms with Crippen molar-refractivity contribution in [1.29, 1.82) is 0 Å². The molecule has 7 heteroatoms. The smallest absolute Gasteiger partial charge is 0.231 e. The number of nitrogens with zero attached hydrogens (tertiary/aromatic N) is 2. The number of benzene rings is 2. The number of fused-ring (bicyclic) bond motifs is 2. The number of hydrogen-bond acceptors (Lipinski definition) is 6. The summed E-state index contributed by atoms with van der Waals surface area (Å²) in [6, 6.07) is 7.96. The number of rotatable bonds is 8. The van der Waals surface area contributed by atoms with Crippen LogP contribution in [0.3, 0.4) is 0 Å². The molecule has 34 heavy (non-hydrogen) atoms. The summed E-state index contributed by atoms with van der Waals surface area (Å²) in [6.45, 7) is 3.21. The van der Waals surface area contributed by atoms with Gasteiger partial charge in [0.2, 0.25) is 5.91 Å². The molecule has 0 spiro atoms. The molecule has 1 amide bonds. The van der Waals surface area contributed by atoms with Gasteiger partial charge in [-0.05, 0) is 59.0 Å². The first-order chi connectivity index (χ1) is 16.6. The molecular weight excluding hydrogens is 432 g/mol. The van der Waals surface area contributed by atoms with Crippen molar-refractivity contribution in [2.45, 2.75) is 19.4 Å². The Morgan fingerprint density at radius 3 is 2.06 bits per heavy atom. The van der Waals surface area contributed by atoms with Crippen LogP contribution in [0.2, 0.25) is 0 Å². The minimum absolute atomic E-state index is 0.0554. The van der Waals surface area contributed by atoms with Gasteiger partial charge in [-0.2, -0.15) is 0 Å². The Morgan fingerprint density at radius 1 is 0.794 bits per heavy atom. The number of amides is 1. The van der Waals surface area contributed by atoms with E-state index in [2.05, 4.69) is 29.2 Å². The lowest BCUT2D eigenvalue weighted by Gasteiger charge is -2.28. The van der Waals surface area contributed by atoms with Crippen molar-refractivity contribution in [3.8, 4) is 23.0 Å². The zero-order valence-corrected chi connectivity index (χ0v) is 20.3. The van der Waals surface area contributed by atoms with E-state index in [1.807, 2.05) is 24.4 Å². The highest BCUT2D eigenvalue weighted by atomic mass is 16.5. The van der Waals surface area contributed by atoms with E-state index < -0.39 is 0 Å². The first-order valence-corrected chi connectivity index (χ1v) is 11.4. The number of hydrogen-bond donors (Lipinski definition) is 0. The van der Waals surface area contributed by atoms with E-state index in [4.69, 9.17) is 18.9 Å². The summed E-state index contributed by atoms with van der Waals surface area (Å²) in [7, 11) is 6.55. The monoisotopic (exact) mass is 464 g/mol. The quantitative estimate of drug-likeness (QED) is 0.556. The van der Waals surface area contributed by atoms with Gasteiger partial charge in [0.1, 0.15) is 0 Å². The molecule has 0 N–H and O–H groups in total. The van der Waals surface area contributed by atoms with Crippen molar-refractivity contribution in [2.75, 3.05) is 48.1 Å². The van der Waals surface area contributed by atoms with Gasteiger partial charge in [0, 0.05) is 32.4 Å². The third-order valence-electron chi connectivity index (χ3n) is 6.37. The second-order valence-electron chi connectivity index (χ2n) is 8.38. The predicted octanol–water partition coefficient (Wildman–Crippen LogP) is 3.69. The van der Waals surface area contributed by atoms with Gasteiger partial charge in [0.05, 0.1) is 34.9 Å². The summed E-state index contributed by atoms with van der Waals surface area (Å²) < 4.78 is 21.7. The van der Waals surface area contributed by atoms with Crippen molar-refractivity contribution >= 4 is 12.0 Å². The molecule has 4 rings (SSSR count). The summed E-state index contributed by atoms with van der Waals surface area (Å²) >= 11 is 0. The van der Waals surface area contributed by atoms with Gasteiger partial charge in [0.25, 0.3) is 0 Å². The molecule has 180 valence electrons. The largest absolute Gasteiger partial charge is 0.493 e. The lowest BCUT2D eigenvalue weighted by atomic mass is 9.99. The third kappa shape index (κ3) is 5.04. The molecule has 2 aromatic rings. The Morgan fingerprint density at radius 2 is 1.38 bits per heavy atom. The second-order valence-corrected chi connectivity index (χ2v) is 8.38. The first kappa shape index (κ1) is 23.7. The highest BCUT2D eigenvalue weighted by Crippen LogP contribution is 2.34. The van der Waals surface area contributed by atoms with Gasteiger partial charge in [0.15, 0.2) is 23.0 Å². The van der Waals surface area contributed by atoms with Crippen LogP contribution in [0.4, 0.5) is 0 Å². The summed E-state index contributed by atoms with van der Waals surface area (Å²) in [4.78, 5) is 16.9. The molecule has 0 bridgehead atoms. The molecule has 7 nitrogen and oxygen atoms in total. The topological polar surface area (TPSA) is 60.5 Å². The maximum absolute atomic E-state index is 12.8. The Hall–Kier alpha value is -3.45. The minimum Gasteiger partial charge on any atom is -0.493 e. The van der Waals surface area contributed by atoms with Crippen molar-refractivity contribution in [3.63, 3.8) is 0 Å². The molecule has 0 saturated heterocycles. The number of carbonyl (C=O) groups is 1. The number of ether oxygens (including phenoxy) is 4. The fraction of sp³-hybridized carbons (Fsp3) is 0.370. The molecule has 0 radical (unpaired) electrons. The lowest BCUT2D eigenvalue weighted by molar-refractivity contribution is -0.127. The molecular formula is C27H32N2O5. The molecule has 2 aliphatic rings. The average Bonchev–Trinajstić information content (AvgIpc) is 3.02. The van der Waals surface area contributed by atoms with Crippen LogP contribution < -0.4 is 18.9 Å². The van der Waals surface area contributed by atoms with E-state index in [9.17, 15) is 4.79 Å². The van der Waals surface area contributed by atoms with Crippen LogP contribution in [-0.2, 0) is 24.2 Å². The van der Waals surface area contributed by atoms with E-state index in [1.54, 1.807) is 33.3 Å². The molecule has 2 aliphatic heterocycles. The Kier molecular flexibility index (Phi) is 7.43. The SMILES string of the molecule is COc1cc2c(cc1OC)CC(=O)N(CC=CCN1CCc3cc(OC)c(OC)cc3C1)C=C2. The highest BCUT2D eigenvalue weighted by molar-refractivity contribution is 5.84. The van der Waals surface area contributed by atoms with Crippen molar-refractivity contribution in [3.05, 3.63) is 64.9 Å². The van der Waals surface area contributed by atoms with Gasteiger partial charge in [-0.1, -0.05) is 12.2 Å². The molecule has 0 unspecified atom stereocenters. The normalized spacial score (nSPS) is 15.6. The van der Waals surface area contributed by atoms with Gasteiger partial charge < -0.3 is 23.8 Å². The van der Waals surface area contributed by atoms with E-state index >= 15 is 0 Å². The van der Waals surface area contributed by atoms with E-state index in [-0.39, 0.29) is 5.91 Å². The Balaban J connectivity index is 1.35. The van der Waals surface area contributed by atoms with Gasteiger partial charge >= 0.3 is 0 Å². The second kappa shape index (κ2) is 10.7. The zero-order valence-electron chi connectivity index (χ0n) is 20.3. The fourth-order valence-electron chi connectivity index (χ4n) is 4.43. The van der Waals surface area contributed by atoms with E-state index in [0.717, 1.165) is 48.7 Å². The van der Waals surface area contributed by atoms with Crippen molar-refractivity contribution in [2.24, 2.45) is 0 Å². The fourth-order valence-corrected chi connectivity index (χ4v) is 4.43. The molecule has 0 fully saturated rings. The summed E-state index contributed by atoms with van der Waals surface area (Å²) in [5.74, 6) is 2.89. The maximum atomic E-state index is 12.8. The molecule has 2 heterocycles. The van der Waals surface area contributed by atoms with Gasteiger partial charge in [-0.3, -0.25) is 9.69 Å². The summed E-state index contributed by atoms with van der Waals surface area (Å²) in [5, 5.41) is 0. The van der Waals surface area contributed by atoms with Crippen LogP contribution >= 0.6 is 0 Å². The van der Waals surface area contributed by atoms with Crippen molar-refractivity contribution in [1.82, 2.24) is 9.80 Å². The van der Waals surface area contributed by atoms with Crippen molar-refractivity contribution < 1.29 is 23.7 Å².